The Balaban J connectivity index is 1.29. The lowest BCUT2D eigenvalue weighted by molar-refractivity contribution is -0.132. The number of nitrogens with zero attached hydrogens (tertiary/aromatic N) is 5. The number of aromatic nitrogens is 2. The topological polar surface area (TPSA) is 75.8 Å². The summed E-state index contributed by atoms with van der Waals surface area (Å²) in [5, 5.41) is 0. The second-order valence-corrected chi connectivity index (χ2v) is 12.5. The molecule has 4 rings (SSSR count). The van der Waals surface area contributed by atoms with E-state index in [1.165, 1.54) is 16.8 Å². The summed E-state index contributed by atoms with van der Waals surface area (Å²) in [7, 11) is 0. The first-order chi connectivity index (χ1) is 18.0. The van der Waals surface area contributed by atoms with Crippen molar-refractivity contribution in [1.29, 1.82) is 0 Å². The van der Waals surface area contributed by atoms with Crippen LogP contribution in [-0.2, 0) is 11.3 Å². The van der Waals surface area contributed by atoms with Crippen LogP contribution < -0.4 is 15.4 Å². The van der Waals surface area contributed by atoms with Crippen LogP contribution in [0, 0.1) is 25.2 Å². The largest absolute Gasteiger partial charge is 0.369 e. The van der Waals surface area contributed by atoms with Crippen LogP contribution in [0.25, 0.3) is 0 Å². The summed E-state index contributed by atoms with van der Waals surface area (Å²) in [4.78, 5) is 41.9. The van der Waals surface area contributed by atoms with E-state index in [4.69, 9.17) is 4.98 Å². The van der Waals surface area contributed by atoms with Gasteiger partial charge in [0, 0.05) is 77.1 Å². The molecule has 1 aromatic heterocycles. The molecule has 1 unspecified atom stereocenters. The Kier molecular flexibility index (Phi) is 8.81. The Morgan fingerprint density at radius 1 is 0.947 bits per heavy atom. The lowest BCUT2D eigenvalue weighted by Gasteiger charge is -2.37. The van der Waals surface area contributed by atoms with Gasteiger partial charge in [0.1, 0.15) is 0 Å². The maximum atomic E-state index is 12.8. The van der Waals surface area contributed by atoms with Crippen molar-refractivity contribution in [2.45, 2.75) is 60.9 Å². The second kappa shape index (κ2) is 11.9. The van der Waals surface area contributed by atoms with Crippen LogP contribution in [0.4, 0.5) is 11.6 Å². The monoisotopic (exact) mass is 522 g/mol. The van der Waals surface area contributed by atoms with Crippen molar-refractivity contribution in [2.24, 2.45) is 11.3 Å². The molecule has 8 heteroatoms. The highest BCUT2D eigenvalue weighted by atomic mass is 16.2. The number of hydrogen-bond acceptors (Lipinski definition) is 6. The molecule has 0 bridgehead atoms. The Morgan fingerprint density at radius 3 is 2.24 bits per heavy atom. The molecule has 2 saturated heterocycles. The number of carbonyl (C=O) groups excluding carboxylic acids is 1. The molecule has 8 nitrogen and oxygen atoms in total. The zero-order valence-electron chi connectivity index (χ0n) is 24.2. The summed E-state index contributed by atoms with van der Waals surface area (Å²) < 4.78 is 0. The highest BCUT2D eigenvalue weighted by Crippen LogP contribution is 2.26. The molecule has 1 amide bonds. The van der Waals surface area contributed by atoms with Gasteiger partial charge in [0.25, 0.3) is 5.56 Å². The van der Waals surface area contributed by atoms with Gasteiger partial charge in [-0.15, -0.1) is 0 Å². The van der Waals surface area contributed by atoms with E-state index in [0.29, 0.717) is 51.0 Å². The molecule has 3 heterocycles. The molecule has 0 spiro atoms. The van der Waals surface area contributed by atoms with E-state index in [0.717, 1.165) is 38.3 Å². The lowest BCUT2D eigenvalue weighted by Crippen LogP contribution is -2.50. The molecule has 208 valence electrons. The Bertz CT molecular complexity index is 1150. The number of hydrogen-bond donors (Lipinski definition) is 1. The van der Waals surface area contributed by atoms with E-state index in [-0.39, 0.29) is 16.9 Å². The minimum Gasteiger partial charge on any atom is -0.369 e. The standard InChI is InChI=1S/C30H46N6O2/c1-22(20-30(4,5)6)17-28(38)35-13-15-36(16-14-35)29-31-25(19-27(37)32-29)21-33-9-11-34(12-10-33)26-8-7-23(2)24(3)18-26/h7-8,18-19,22H,9-17,20-21H2,1-6H3,(H,31,32,37). The van der Waals surface area contributed by atoms with Gasteiger partial charge in [-0.25, -0.2) is 4.98 Å². The first kappa shape index (κ1) is 28.1. The van der Waals surface area contributed by atoms with Crippen molar-refractivity contribution in [1.82, 2.24) is 19.8 Å². The number of amides is 1. The minimum absolute atomic E-state index is 0.117. The SMILES string of the molecule is Cc1ccc(N2CCN(Cc3cc(=O)[nH]c(N4CCN(C(=O)CC(C)CC(C)(C)C)CC4)n3)CC2)cc1C. The van der Waals surface area contributed by atoms with Crippen LogP contribution in [-0.4, -0.2) is 78.0 Å². The molecule has 2 aromatic rings. The molecule has 1 N–H and O–H groups in total. The van der Waals surface area contributed by atoms with Gasteiger partial charge in [-0.3, -0.25) is 19.5 Å². The van der Waals surface area contributed by atoms with Gasteiger partial charge in [-0.05, 0) is 54.9 Å². The number of nitrogens with one attached hydrogen (secondary N) is 1. The Labute approximate surface area is 228 Å². The number of rotatable bonds is 7. The molecule has 0 aliphatic carbocycles. The highest BCUT2D eigenvalue weighted by molar-refractivity contribution is 5.76. The molecule has 1 aromatic carbocycles. The van der Waals surface area contributed by atoms with E-state index >= 15 is 0 Å². The molecule has 2 aliphatic rings. The van der Waals surface area contributed by atoms with E-state index in [2.05, 4.69) is 79.4 Å². The second-order valence-electron chi connectivity index (χ2n) is 12.5. The van der Waals surface area contributed by atoms with Gasteiger partial charge >= 0.3 is 0 Å². The van der Waals surface area contributed by atoms with Gasteiger partial charge in [0.05, 0.1) is 5.69 Å². The maximum Gasteiger partial charge on any atom is 0.252 e. The van der Waals surface area contributed by atoms with E-state index in [9.17, 15) is 9.59 Å². The summed E-state index contributed by atoms with van der Waals surface area (Å²) >= 11 is 0. The first-order valence-corrected chi connectivity index (χ1v) is 14.1. The number of aryl methyl sites for hydroxylation is 2. The third kappa shape index (κ3) is 7.59. The molecular formula is C30H46N6O2. The fourth-order valence-electron chi connectivity index (χ4n) is 5.75. The average molecular weight is 523 g/mol. The zero-order chi connectivity index (χ0) is 27.4. The van der Waals surface area contributed by atoms with Crippen LogP contribution in [0.15, 0.2) is 29.1 Å². The molecular weight excluding hydrogens is 476 g/mol. The van der Waals surface area contributed by atoms with Crippen molar-refractivity contribution in [3.8, 4) is 0 Å². The van der Waals surface area contributed by atoms with Crippen molar-refractivity contribution >= 4 is 17.5 Å². The normalized spacial score (nSPS) is 18.1. The summed E-state index contributed by atoms with van der Waals surface area (Å²) in [5.74, 6) is 1.23. The van der Waals surface area contributed by atoms with Crippen LogP contribution in [0.5, 0.6) is 0 Å². The van der Waals surface area contributed by atoms with E-state index in [1.807, 2.05) is 4.90 Å². The van der Waals surface area contributed by atoms with Crippen molar-refractivity contribution in [3.63, 3.8) is 0 Å². The molecule has 0 saturated carbocycles. The van der Waals surface area contributed by atoms with Crippen LogP contribution >= 0.6 is 0 Å². The third-order valence-corrected chi connectivity index (χ3v) is 7.81. The summed E-state index contributed by atoms with van der Waals surface area (Å²) in [5.41, 5.74) is 4.85. The summed E-state index contributed by atoms with van der Waals surface area (Å²) in [6.07, 6.45) is 1.63. The number of aromatic amines is 1. The molecule has 1 atom stereocenters. The number of benzene rings is 1. The predicted octanol–water partition coefficient (Wildman–Crippen LogP) is 3.82. The fourth-order valence-corrected chi connectivity index (χ4v) is 5.75. The van der Waals surface area contributed by atoms with Crippen LogP contribution in [0.3, 0.4) is 0 Å². The molecule has 0 radical (unpaired) electrons. The van der Waals surface area contributed by atoms with Gasteiger partial charge in [0.15, 0.2) is 0 Å². The molecule has 2 aliphatic heterocycles. The summed E-state index contributed by atoms with van der Waals surface area (Å²) in [6.45, 7) is 20.3. The number of piperazine rings is 2. The van der Waals surface area contributed by atoms with Crippen molar-refractivity contribution < 1.29 is 4.79 Å². The number of anilines is 2. The number of carbonyl (C=O) groups is 1. The summed E-state index contributed by atoms with van der Waals surface area (Å²) in [6, 6.07) is 8.30. The Hall–Kier alpha value is -2.87. The number of H-pyrrole nitrogens is 1. The highest BCUT2D eigenvalue weighted by Gasteiger charge is 2.26. The fraction of sp³-hybridized carbons (Fsp3) is 0.633. The predicted molar refractivity (Wildman–Crippen MR) is 155 cm³/mol. The smallest absolute Gasteiger partial charge is 0.252 e. The van der Waals surface area contributed by atoms with Gasteiger partial charge in [0.2, 0.25) is 11.9 Å². The van der Waals surface area contributed by atoms with Gasteiger partial charge in [-0.1, -0.05) is 33.8 Å². The van der Waals surface area contributed by atoms with E-state index in [1.54, 1.807) is 6.07 Å². The minimum atomic E-state index is -0.117. The van der Waals surface area contributed by atoms with Crippen LogP contribution in [0.1, 0.15) is 57.4 Å². The van der Waals surface area contributed by atoms with Gasteiger partial charge in [-0.2, -0.15) is 0 Å². The average Bonchev–Trinajstić information content (AvgIpc) is 2.85. The molecule has 2 fully saturated rings. The van der Waals surface area contributed by atoms with Gasteiger partial charge < -0.3 is 14.7 Å². The van der Waals surface area contributed by atoms with Crippen LogP contribution in [0.2, 0.25) is 0 Å². The maximum absolute atomic E-state index is 12.8. The molecule has 38 heavy (non-hydrogen) atoms. The third-order valence-electron chi connectivity index (χ3n) is 7.81. The quantitative estimate of drug-likeness (QED) is 0.596. The lowest BCUT2D eigenvalue weighted by atomic mass is 9.84. The van der Waals surface area contributed by atoms with Crippen molar-refractivity contribution in [2.75, 3.05) is 62.2 Å². The Morgan fingerprint density at radius 2 is 1.61 bits per heavy atom. The van der Waals surface area contributed by atoms with Crippen molar-refractivity contribution in [3.05, 3.63) is 51.4 Å². The first-order valence-electron chi connectivity index (χ1n) is 14.1. The zero-order valence-corrected chi connectivity index (χ0v) is 24.2. The van der Waals surface area contributed by atoms with E-state index < -0.39 is 0 Å².